The maximum atomic E-state index is 12.5. The quantitative estimate of drug-likeness (QED) is 0.838. The van der Waals surface area contributed by atoms with Crippen molar-refractivity contribution < 1.29 is 23.9 Å². The van der Waals surface area contributed by atoms with E-state index in [1.165, 1.54) is 14.2 Å². The second kappa shape index (κ2) is 7.68. The van der Waals surface area contributed by atoms with E-state index in [9.17, 15) is 14.4 Å². The summed E-state index contributed by atoms with van der Waals surface area (Å²) in [5, 5.41) is 20.9. The first-order valence-corrected chi connectivity index (χ1v) is 8.78. The number of rotatable bonds is 6. The molecule has 0 saturated heterocycles. The normalized spacial score (nSPS) is 13.4. The molecule has 5 nitrogen and oxygen atoms in total. The van der Waals surface area contributed by atoms with Gasteiger partial charge in [-0.05, 0) is 26.0 Å². The molecule has 0 fully saturated rings. The summed E-state index contributed by atoms with van der Waals surface area (Å²) in [4.78, 5) is 0.628. The van der Waals surface area contributed by atoms with Gasteiger partial charge in [0.05, 0.1) is 42.4 Å². The predicted molar refractivity (Wildman–Crippen MR) is 93.4 cm³/mol. The maximum absolute atomic E-state index is 12.5. The Morgan fingerprint density at radius 1 is 1.08 bits per heavy atom. The molecule has 0 bridgehead atoms. The molecule has 24 heavy (non-hydrogen) atoms. The number of aliphatic hydroxyl groups is 1. The van der Waals surface area contributed by atoms with E-state index < -0.39 is 16.9 Å². The van der Waals surface area contributed by atoms with E-state index in [2.05, 4.69) is 0 Å². The highest BCUT2D eigenvalue weighted by Crippen LogP contribution is 2.41. The first kappa shape index (κ1) is 18.3. The van der Waals surface area contributed by atoms with Crippen LogP contribution in [0.5, 0.6) is 17.2 Å². The highest BCUT2D eigenvalue weighted by Gasteiger charge is 2.24. The number of hydrogen-bond acceptors (Lipinski definition) is 5. The Kier molecular flexibility index (Phi) is 5.85. The number of aliphatic hydroxyl groups excluding tert-OH is 1. The van der Waals surface area contributed by atoms with Gasteiger partial charge in [0.1, 0.15) is 17.2 Å². The summed E-state index contributed by atoms with van der Waals surface area (Å²) >= 11 is 0. The van der Waals surface area contributed by atoms with Gasteiger partial charge >= 0.3 is 0 Å². The topological polar surface area (TPSA) is 76.0 Å². The first-order chi connectivity index (χ1) is 11.4. The Balaban J connectivity index is 2.32. The fourth-order valence-corrected chi connectivity index (χ4v) is 3.54. The molecule has 2 N–H and O–H groups in total. The van der Waals surface area contributed by atoms with Crippen molar-refractivity contribution in [2.45, 2.75) is 24.8 Å². The molecule has 0 spiro atoms. The highest BCUT2D eigenvalue weighted by molar-refractivity contribution is 7.85. The standard InChI is InChI=1S/C18H22O5S/c1-11-5-7-13(8-6-11)24(21)10-14(19)17-16(23-4)9-15(22-3)12(2)18(17)20/h5-9,14,19-20H,10H2,1-4H3. The molecular formula is C18H22O5S. The number of phenolic OH excluding ortho intramolecular Hbond substituents is 1. The second-order valence-electron chi connectivity index (χ2n) is 5.51. The van der Waals surface area contributed by atoms with Crippen molar-refractivity contribution in [2.75, 3.05) is 20.0 Å². The number of aromatic hydroxyl groups is 1. The summed E-state index contributed by atoms with van der Waals surface area (Å²) < 4.78 is 22.9. The molecule has 2 unspecified atom stereocenters. The molecule has 2 rings (SSSR count). The summed E-state index contributed by atoms with van der Waals surface area (Å²) in [7, 11) is 1.53. The van der Waals surface area contributed by atoms with E-state index in [0.29, 0.717) is 22.0 Å². The van der Waals surface area contributed by atoms with Crippen molar-refractivity contribution in [2.24, 2.45) is 0 Å². The van der Waals surface area contributed by atoms with Crippen LogP contribution in [0.2, 0.25) is 0 Å². The van der Waals surface area contributed by atoms with Gasteiger partial charge in [-0.15, -0.1) is 0 Å². The third-order valence-electron chi connectivity index (χ3n) is 3.87. The van der Waals surface area contributed by atoms with E-state index in [4.69, 9.17) is 9.47 Å². The lowest BCUT2D eigenvalue weighted by atomic mass is 10.0. The van der Waals surface area contributed by atoms with E-state index in [0.717, 1.165) is 5.56 Å². The largest absolute Gasteiger partial charge is 0.507 e. The van der Waals surface area contributed by atoms with Crippen LogP contribution < -0.4 is 9.47 Å². The minimum atomic E-state index is -1.40. The van der Waals surface area contributed by atoms with Crippen LogP contribution in [-0.2, 0) is 10.8 Å². The first-order valence-electron chi connectivity index (χ1n) is 7.46. The minimum Gasteiger partial charge on any atom is -0.507 e. The molecule has 0 saturated carbocycles. The zero-order chi connectivity index (χ0) is 17.9. The fraction of sp³-hybridized carbons (Fsp3) is 0.333. The maximum Gasteiger partial charge on any atom is 0.132 e. The SMILES string of the molecule is COc1cc(OC)c(C(O)CS(=O)c2ccc(C)cc2)c(O)c1C. The van der Waals surface area contributed by atoms with Gasteiger partial charge in [0.15, 0.2) is 0 Å². The third-order valence-corrected chi connectivity index (χ3v) is 5.29. The zero-order valence-electron chi connectivity index (χ0n) is 14.2. The van der Waals surface area contributed by atoms with Crippen LogP contribution in [0.25, 0.3) is 0 Å². The fourth-order valence-electron chi connectivity index (χ4n) is 2.46. The minimum absolute atomic E-state index is 0.0429. The molecule has 130 valence electrons. The summed E-state index contributed by atoms with van der Waals surface area (Å²) in [6.07, 6.45) is -1.13. The number of benzene rings is 2. The van der Waals surface area contributed by atoms with Gasteiger partial charge in [-0.2, -0.15) is 0 Å². The molecule has 0 aliphatic rings. The van der Waals surface area contributed by atoms with Crippen molar-refractivity contribution in [1.82, 2.24) is 0 Å². The third kappa shape index (κ3) is 3.71. The van der Waals surface area contributed by atoms with E-state index >= 15 is 0 Å². The average Bonchev–Trinajstić information content (AvgIpc) is 2.57. The van der Waals surface area contributed by atoms with Gasteiger partial charge in [0.25, 0.3) is 0 Å². The number of aryl methyl sites for hydroxylation is 1. The summed E-state index contributed by atoms with van der Waals surface area (Å²) in [6, 6.07) is 8.88. The molecule has 6 heteroatoms. The van der Waals surface area contributed by atoms with Gasteiger partial charge < -0.3 is 19.7 Å². The lowest BCUT2D eigenvalue weighted by molar-refractivity contribution is 0.192. The lowest BCUT2D eigenvalue weighted by Crippen LogP contribution is -2.11. The molecule has 2 atom stereocenters. The van der Waals surface area contributed by atoms with Crippen LogP contribution in [-0.4, -0.2) is 34.4 Å². The van der Waals surface area contributed by atoms with E-state index in [-0.39, 0.29) is 17.1 Å². The van der Waals surface area contributed by atoms with E-state index in [1.807, 2.05) is 19.1 Å². The van der Waals surface area contributed by atoms with Crippen molar-refractivity contribution >= 4 is 10.8 Å². The smallest absolute Gasteiger partial charge is 0.132 e. The van der Waals surface area contributed by atoms with Gasteiger partial charge in [0, 0.05) is 16.5 Å². The molecule has 2 aromatic rings. The predicted octanol–water partition coefficient (Wildman–Crippen LogP) is 2.87. The molecule has 2 aromatic carbocycles. The Bertz CT molecular complexity index is 740. The van der Waals surface area contributed by atoms with Crippen LogP contribution in [0.4, 0.5) is 0 Å². The molecule has 0 aliphatic carbocycles. The number of ether oxygens (including phenoxy) is 2. The molecule has 0 amide bonds. The summed E-state index contributed by atoms with van der Waals surface area (Å²) in [5.74, 6) is 0.599. The highest BCUT2D eigenvalue weighted by atomic mass is 32.2. The van der Waals surface area contributed by atoms with Crippen LogP contribution in [0.15, 0.2) is 35.2 Å². The van der Waals surface area contributed by atoms with Crippen molar-refractivity contribution in [3.63, 3.8) is 0 Å². The Hall–Kier alpha value is -2.05. The van der Waals surface area contributed by atoms with Crippen LogP contribution in [0.3, 0.4) is 0 Å². The van der Waals surface area contributed by atoms with Gasteiger partial charge in [-0.25, -0.2) is 0 Å². The Labute approximate surface area is 144 Å². The molecule has 0 heterocycles. The molecular weight excluding hydrogens is 328 g/mol. The monoisotopic (exact) mass is 350 g/mol. The van der Waals surface area contributed by atoms with Crippen molar-refractivity contribution in [3.05, 3.63) is 47.0 Å². The molecule has 0 aromatic heterocycles. The number of methoxy groups -OCH3 is 2. The zero-order valence-corrected chi connectivity index (χ0v) is 15.0. The van der Waals surface area contributed by atoms with E-state index in [1.54, 1.807) is 25.1 Å². The van der Waals surface area contributed by atoms with Crippen LogP contribution in [0, 0.1) is 13.8 Å². The van der Waals surface area contributed by atoms with Crippen molar-refractivity contribution in [1.29, 1.82) is 0 Å². The Morgan fingerprint density at radius 2 is 1.67 bits per heavy atom. The van der Waals surface area contributed by atoms with Gasteiger partial charge in [-0.1, -0.05) is 17.7 Å². The van der Waals surface area contributed by atoms with Crippen molar-refractivity contribution in [3.8, 4) is 17.2 Å². The molecule has 0 radical (unpaired) electrons. The second-order valence-corrected chi connectivity index (χ2v) is 7.01. The average molecular weight is 350 g/mol. The number of hydrogen-bond donors (Lipinski definition) is 2. The molecule has 0 aliphatic heterocycles. The lowest BCUT2D eigenvalue weighted by Gasteiger charge is -2.19. The summed E-state index contributed by atoms with van der Waals surface area (Å²) in [6.45, 7) is 3.63. The summed E-state index contributed by atoms with van der Waals surface area (Å²) in [5.41, 5.74) is 1.78. The van der Waals surface area contributed by atoms with Gasteiger partial charge in [0.2, 0.25) is 0 Å². The van der Waals surface area contributed by atoms with Gasteiger partial charge in [-0.3, -0.25) is 4.21 Å². The van der Waals surface area contributed by atoms with Crippen LogP contribution in [0.1, 0.15) is 22.8 Å². The number of phenols is 1. The van der Waals surface area contributed by atoms with Crippen LogP contribution >= 0.6 is 0 Å². The Morgan fingerprint density at radius 3 is 2.21 bits per heavy atom.